The van der Waals surface area contributed by atoms with E-state index in [1.54, 1.807) is 29.6 Å². The molecule has 4 aromatic rings. The lowest BCUT2D eigenvalue weighted by Crippen LogP contribution is -2.46. The fourth-order valence-corrected chi connectivity index (χ4v) is 5.30. The predicted octanol–water partition coefficient (Wildman–Crippen LogP) is 1.28. The van der Waals surface area contributed by atoms with Gasteiger partial charge < -0.3 is 26.1 Å². The van der Waals surface area contributed by atoms with Crippen LogP contribution in [0.25, 0.3) is 10.9 Å². The van der Waals surface area contributed by atoms with Gasteiger partial charge in [0.25, 0.3) is 0 Å². The van der Waals surface area contributed by atoms with Crippen LogP contribution >= 0.6 is 0 Å². The number of benzene rings is 2. The first-order chi connectivity index (χ1) is 20.8. The summed E-state index contributed by atoms with van der Waals surface area (Å²) in [6.45, 7) is 3.23. The summed E-state index contributed by atoms with van der Waals surface area (Å²) in [5, 5.41) is 15.9. The van der Waals surface area contributed by atoms with Crippen molar-refractivity contribution < 1.29 is 22.8 Å². The zero-order chi connectivity index (χ0) is 32.2. The molecule has 0 aliphatic carbocycles. The number of carbonyl (C=O) groups is 3. The van der Waals surface area contributed by atoms with Crippen molar-refractivity contribution in [1.82, 2.24) is 30.4 Å². The van der Waals surface area contributed by atoms with E-state index in [9.17, 15) is 22.8 Å². The van der Waals surface area contributed by atoms with Gasteiger partial charge in [-0.05, 0) is 68.8 Å². The number of sulfonamides is 1. The molecular weight excluding hydrogens is 588 g/mol. The van der Waals surface area contributed by atoms with Gasteiger partial charge in [-0.2, -0.15) is 10.1 Å². The van der Waals surface area contributed by atoms with Gasteiger partial charge in [-0.3, -0.25) is 9.48 Å². The lowest BCUT2D eigenvalue weighted by Gasteiger charge is -2.24. The Labute approximate surface area is 254 Å². The summed E-state index contributed by atoms with van der Waals surface area (Å²) in [5.41, 5.74) is 8.49. The number of anilines is 4. The maximum atomic E-state index is 13.6. The number of nitrogens with one attached hydrogen (secondary N) is 2. The Balaban J connectivity index is 1.70. The highest BCUT2D eigenvalue weighted by molar-refractivity contribution is 7.89. The van der Waals surface area contributed by atoms with Gasteiger partial charge in [-0.15, -0.1) is 0 Å². The number of nitrogens with zero attached hydrogens (tertiary/aromatic N) is 6. The summed E-state index contributed by atoms with van der Waals surface area (Å²) in [7, 11) is -0.492. The molecular formula is C28H34N10O5S. The summed E-state index contributed by atoms with van der Waals surface area (Å²) in [6.07, 6.45) is 2.24. The quantitative estimate of drug-likeness (QED) is 0.176. The molecule has 0 saturated heterocycles. The molecule has 2 aromatic carbocycles. The molecule has 4 rings (SSSR count). The standard InChI is InChI=1S/C28H34N10O5S/c1-17-5-6-21(14-24(17)44(30,42)43)38(28(41)32-15-26(40)33-19(16-39)9-11-29)27-31-12-10-25(34-27)36(3)20-7-8-22-18(2)37(4)35-23(22)13-20/h5-8,10,12-14,16,19H,9,11,15,29H2,1-4H3,(H,32,41)(H,33,40)(H2,30,42,43)/t19-/m0/s1. The molecule has 16 heteroatoms. The maximum Gasteiger partial charge on any atom is 0.329 e. The van der Waals surface area contributed by atoms with Crippen LogP contribution in [0.2, 0.25) is 0 Å². The van der Waals surface area contributed by atoms with Crippen LogP contribution in [0, 0.1) is 13.8 Å². The van der Waals surface area contributed by atoms with Gasteiger partial charge in [-0.25, -0.2) is 28.2 Å². The van der Waals surface area contributed by atoms with Gasteiger partial charge in [0.05, 0.1) is 28.7 Å². The van der Waals surface area contributed by atoms with Gasteiger partial charge in [-0.1, -0.05) is 6.07 Å². The third-order valence-electron chi connectivity index (χ3n) is 7.00. The Kier molecular flexibility index (Phi) is 9.56. The van der Waals surface area contributed by atoms with Gasteiger partial charge >= 0.3 is 6.03 Å². The second kappa shape index (κ2) is 13.2. The summed E-state index contributed by atoms with van der Waals surface area (Å²) < 4.78 is 26.3. The van der Waals surface area contributed by atoms with E-state index in [1.165, 1.54) is 24.4 Å². The van der Waals surface area contributed by atoms with E-state index in [2.05, 4.69) is 25.7 Å². The highest BCUT2D eigenvalue weighted by Crippen LogP contribution is 2.30. The number of carbonyl (C=O) groups excluding carboxylic acids is 3. The minimum Gasteiger partial charge on any atom is -0.345 e. The highest BCUT2D eigenvalue weighted by Gasteiger charge is 2.25. The Bertz CT molecular complexity index is 1820. The number of aryl methyl sites for hydroxylation is 3. The van der Waals surface area contributed by atoms with Crippen molar-refractivity contribution in [3.8, 4) is 0 Å². The van der Waals surface area contributed by atoms with Crippen LogP contribution < -0.4 is 31.3 Å². The number of hydrogen-bond acceptors (Lipinski definition) is 10. The number of hydrogen-bond donors (Lipinski definition) is 4. The van der Waals surface area contributed by atoms with Crippen molar-refractivity contribution >= 4 is 62.3 Å². The van der Waals surface area contributed by atoms with Gasteiger partial charge in [0.1, 0.15) is 12.1 Å². The monoisotopic (exact) mass is 622 g/mol. The molecule has 44 heavy (non-hydrogen) atoms. The summed E-state index contributed by atoms with van der Waals surface area (Å²) in [4.78, 5) is 48.7. The minimum atomic E-state index is -4.14. The lowest BCUT2D eigenvalue weighted by molar-refractivity contribution is -0.123. The van der Waals surface area contributed by atoms with E-state index in [-0.39, 0.29) is 29.5 Å². The second-order valence-electron chi connectivity index (χ2n) is 10.1. The first kappa shape index (κ1) is 32.0. The van der Waals surface area contributed by atoms with Crippen molar-refractivity contribution in [2.24, 2.45) is 17.9 Å². The summed E-state index contributed by atoms with van der Waals surface area (Å²) in [6, 6.07) is 10.00. The topological polar surface area (TPSA) is 212 Å². The van der Waals surface area contributed by atoms with Crippen molar-refractivity contribution in [2.75, 3.05) is 29.9 Å². The normalized spacial score (nSPS) is 12.0. The molecule has 0 aliphatic rings. The van der Waals surface area contributed by atoms with Crippen molar-refractivity contribution in [3.05, 3.63) is 59.9 Å². The SMILES string of the molecule is Cc1ccc(N(C(=O)NCC(=O)N[C@H](C=O)CCN)c2nccc(N(C)c3ccc4c(C)n(C)nc4c3)n2)cc1S(N)(=O)=O. The Morgan fingerprint density at radius 1 is 1.11 bits per heavy atom. The van der Waals surface area contributed by atoms with Crippen LogP contribution in [0.4, 0.5) is 27.9 Å². The fourth-order valence-electron chi connectivity index (χ4n) is 4.50. The van der Waals surface area contributed by atoms with Crippen molar-refractivity contribution in [2.45, 2.75) is 31.2 Å². The van der Waals surface area contributed by atoms with E-state index in [4.69, 9.17) is 10.9 Å². The Morgan fingerprint density at radius 3 is 2.52 bits per heavy atom. The summed E-state index contributed by atoms with van der Waals surface area (Å²) in [5.74, 6) is -0.334. The third kappa shape index (κ3) is 6.99. The maximum absolute atomic E-state index is 13.6. The molecule has 3 amide bonds. The van der Waals surface area contributed by atoms with Gasteiger partial charge in [0, 0.05) is 37.1 Å². The molecule has 0 aliphatic heterocycles. The molecule has 0 spiro atoms. The smallest absolute Gasteiger partial charge is 0.329 e. The molecule has 0 fully saturated rings. The van der Waals surface area contributed by atoms with Crippen molar-refractivity contribution in [1.29, 1.82) is 0 Å². The third-order valence-corrected chi connectivity index (χ3v) is 8.05. The molecule has 2 heterocycles. The first-order valence-electron chi connectivity index (χ1n) is 13.5. The lowest BCUT2D eigenvalue weighted by atomic mass is 10.2. The molecule has 2 aromatic heterocycles. The van der Waals surface area contributed by atoms with Crippen LogP contribution in [0.5, 0.6) is 0 Å². The van der Waals surface area contributed by atoms with Crippen LogP contribution in [0.3, 0.4) is 0 Å². The van der Waals surface area contributed by atoms with E-state index in [0.29, 0.717) is 17.7 Å². The van der Waals surface area contributed by atoms with Gasteiger partial charge in [0.15, 0.2) is 0 Å². The number of fused-ring (bicyclic) bond motifs is 1. The zero-order valence-corrected chi connectivity index (χ0v) is 25.5. The minimum absolute atomic E-state index is 0.0802. The molecule has 6 N–H and O–H groups in total. The van der Waals surface area contributed by atoms with E-state index in [0.717, 1.165) is 27.2 Å². The molecule has 0 radical (unpaired) electrons. The number of aromatic nitrogens is 4. The van der Waals surface area contributed by atoms with Crippen molar-refractivity contribution in [3.63, 3.8) is 0 Å². The van der Waals surface area contributed by atoms with Crippen LogP contribution in [-0.4, -0.2) is 72.6 Å². The van der Waals surface area contributed by atoms with Crippen LogP contribution in [0.15, 0.2) is 53.6 Å². The number of urea groups is 1. The largest absolute Gasteiger partial charge is 0.345 e. The second-order valence-corrected chi connectivity index (χ2v) is 11.6. The number of rotatable bonds is 11. The molecule has 15 nitrogen and oxygen atoms in total. The molecule has 232 valence electrons. The first-order valence-corrected chi connectivity index (χ1v) is 15.0. The Hall–Kier alpha value is -4.93. The summed E-state index contributed by atoms with van der Waals surface area (Å²) >= 11 is 0. The number of amides is 3. The van der Waals surface area contributed by atoms with E-state index in [1.807, 2.05) is 32.2 Å². The van der Waals surface area contributed by atoms with Gasteiger partial charge in [0.2, 0.25) is 21.9 Å². The average Bonchev–Trinajstić information content (AvgIpc) is 3.28. The predicted molar refractivity (Wildman–Crippen MR) is 165 cm³/mol. The molecule has 0 unspecified atom stereocenters. The Morgan fingerprint density at radius 2 is 1.84 bits per heavy atom. The average molecular weight is 623 g/mol. The number of nitrogens with two attached hydrogens (primary N) is 2. The zero-order valence-electron chi connectivity index (χ0n) is 24.7. The highest BCUT2D eigenvalue weighted by atomic mass is 32.2. The molecule has 0 saturated carbocycles. The number of primary sulfonamides is 1. The van der Waals surface area contributed by atoms with Crippen LogP contribution in [0.1, 0.15) is 17.7 Å². The molecule has 0 bridgehead atoms. The fraction of sp³-hybridized carbons (Fsp3) is 0.286. The van der Waals surface area contributed by atoms with Crippen LogP contribution in [-0.2, 0) is 26.7 Å². The van der Waals surface area contributed by atoms with E-state index < -0.39 is 34.5 Å². The molecule has 1 atom stereocenters. The van der Waals surface area contributed by atoms with E-state index >= 15 is 0 Å². The number of aldehydes is 1.